The molecule has 4 nitrogen and oxygen atoms in total. The Bertz CT molecular complexity index is 321. The van der Waals surface area contributed by atoms with Gasteiger partial charge < -0.3 is 5.32 Å². The van der Waals surface area contributed by atoms with Crippen LogP contribution in [0.5, 0.6) is 0 Å². The molecule has 104 valence electrons. The van der Waals surface area contributed by atoms with Gasteiger partial charge in [0.1, 0.15) is 0 Å². The van der Waals surface area contributed by atoms with Gasteiger partial charge in [0.15, 0.2) is 0 Å². The Balaban J connectivity index is 2.30. The van der Waals surface area contributed by atoms with E-state index in [2.05, 4.69) is 60.1 Å². The van der Waals surface area contributed by atoms with Gasteiger partial charge in [-0.15, -0.1) is 0 Å². The first-order valence-corrected chi connectivity index (χ1v) is 7.10. The number of nitrogens with one attached hydrogen (secondary N) is 1. The highest BCUT2D eigenvalue weighted by Crippen LogP contribution is 2.09. The fraction of sp³-hybridized carbons (Fsp3) is 0.786. The summed E-state index contributed by atoms with van der Waals surface area (Å²) in [6, 6.07) is 2.62. The Morgan fingerprint density at radius 3 is 2.83 bits per heavy atom. The molecule has 0 amide bonds. The lowest BCUT2D eigenvalue weighted by atomic mass is 10.3. The molecule has 0 aliphatic carbocycles. The van der Waals surface area contributed by atoms with Crippen LogP contribution in [0.3, 0.4) is 0 Å². The third-order valence-electron chi connectivity index (χ3n) is 3.23. The lowest BCUT2D eigenvalue weighted by Crippen LogP contribution is -2.29. The number of hydrogen-bond acceptors (Lipinski definition) is 3. The summed E-state index contributed by atoms with van der Waals surface area (Å²) in [5.41, 5.74) is 1.16. The number of rotatable bonds is 9. The van der Waals surface area contributed by atoms with Crippen molar-refractivity contribution in [2.24, 2.45) is 0 Å². The summed E-state index contributed by atoms with van der Waals surface area (Å²) < 4.78 is 2.07. The number of nitrogens with zero attached hydrogens (tertiary/aromatic N) is 3. The van der Waals surface area contributed by atoms with Crippen molar-refractivity contribution in [3.8, 4) is 0 Å². The van der Waals surface area contributed by atoms with Crippen LogP contribution in [0.2, 0.25) is 0 Å². The quantitative estimate of drug-likeness (QED) is 0.685. The van der Waals surface area contributed by atoms with Crippen molar-refractivity contribution >= 4 is 0 Å². The molecule has 1 atom stereocenters. The average molecular weight is 252 g/mol. The van der Waals surface area contributed by atoms with Crippen molar-refractivity contribution in [3.63, 3.8) is 0 Å². The summed E-state index contributed by atoms with van der Waals surface area (Å²) in [6.45, 7) is 10.7. The molecule has 0 radical (unpaired) electrons. The SMILES string of the molecule is CCCNCCN(C)Cc1ccn(C(C)CC)n1. The van der Waals surface area contributed by atoms with Crippen molar-refractivity contribution in [3.05, 3.63) is 18.0 Å². The number of likely N-dealkylation sites (N-methyl/N-ethyl adjacent to an activating group) is 1. The molecule has 4 heteroatoms. The van der Waals surface area contributed by atoms with Gasteiger partial charge in [0, 0.05) is 31.9 Å². The van der Waals surface area contributed by atoms with Crippen molar-refractivity contribution in [1.82, 2.24) is 20.0 Å². The van der Waals surface area contributed by atoms with E-state index in [0.717, 1.165) is 38.3 Å². The summed E-state index contributed by atoms with van der Waals surface area (Å²) in [6.07, 6.45) is 4.41. The second kappa shape index (κ2) is 8.27. The lowest BCUT2D eigenvalue weighted by molar-refractivity contribution is 0.318. The molecule has 1 aromatic heterocycles. The first-order chi connectivity index (χ1) is 8.67. The van der Waals surface area contributed by atoms with Gasteiger partial charge in [0.2, 0.25) is 0 Å². The zero-order chi connectivity index (χ0) is 13.4. The van der Waals surface area contributed by atoms with Gasteiger partial charge in [0.25, 0.3) is 0 Å². The molecular weight excluding hydrogens is 224 g/mol. The standard InChI is InChI=1S/C14H28N4/c1-5-8-15-9-11-17(4)12-14-7-10-18(16-14)13(3)6-2/h7,10,13,15H,5-6,8-9,11-12H2,1-4H3. The fourth-order valence-electron chi connectivity index (χ4n) is 1.82. The molecule has 0 saturated heterocycles. The van der Waals surface area contributed by atoms with Crippen molar-refractivity contribution in [1.29, 1.82) is 0 Å². The molecule has 18 heavy (non-hydrogen) atoms. The van der Waals surface area contributed by atoms with E-state index in [4.69, 9.17) is 0 Å². The predicted octanol–water partition coefficient (Wildman–Crippen LogP) is 2.29. The van der Waals surface area contributed by atoms with Gasteiger partial charge in [-0.1, -0.05) is 13.8 Å². The molecule has 0 saturated carbocycles. The molecule has 1 aromatic rings. The summed E-state index contributed by atoms with van der Waals surface area (Å²) in [4.78, 5) is 2.31. The molecule has 1 unspecified atom stereocenters. The van der Waals surface area contributed by atoms with Crippen LogP contribution in [0.25, 0.3) is 0 Å². The highest BCUT2D eigenvalue weighted by molar-refractivity contribution is 4.99. The van der Waals surface area contributed by atoms with Crippen LogP contribution in [0.1, 0.15) is 45.3 Å². The zero-order valence-electron chi connectivity index (χ0n) is 12.3. The molecule has 1 heterocycles. The smallest absolute Gasteiger partial charge is 0.0764 e. The third kappa shape index (κ3) is 5.19. The topological polar surface area (TPSA) is 33.1 Å². The highest BCUT2D eigenvalue weighted by atomic mass is 15.3. The molecule has 1 N–H and O–H groups in total. The van der Waals surface area contributed by atoms with E-state index in [1.807, 2.05) is 0 Å². The largest absolute Gasteiger partial charge is 0.315 e. The molecule has 0 spiro atoms. The van der Waals surface area contributed by atoms with Crippen LogP contribution in [0, 0.1) is 0 Å². The van der Waals surface area contributed by atoms with Gasteiger partial charge in [-0.05, 0) is 39.4 Å². The summed E-state index contributed by atoms with van der Waals surface area (Å²) in [5, 5.41) is 8.04. The van der Waals surface area contributed by atoms with Crippen LogP contribution < -0.4 is 5.32 Å². The van der Waals surface area contributed by atoms with E-state index >= 15 is 0 Å². The van der Waals surface area contributed by atoms with E-state index in [1.165, 1.54) is 6.42 Å². The maximum absolute atomic E-state index is 4.62. The van der Waals surface area contributed by atoms with Crippen LogP contribution in [-0.2, 0) is 6.54 Å². The fourth-order valence-corrected chi connectivity index (χ4v) is 1.82. The van der Waals surface area contributed by atoms with Crippen molar-refractivity contribution < 1.29 is 0 Å². The Kier molecular flexibility index (Phi) is 6.98. The molecular formula is C14H28N4. The second-order valence-electron chi connectivity index (χ2n) is 5.03. The Morgan fingerprint density at radius 1 is 1.39 bits per heavy atom. The minimum atomic E-state index is 0.496. The maximum atomic E-state index is 4.62. The molecule has 0 bridgehead atoms. The molecule has 0 aliphatic heterocycles. The Hall–Kier alpha value is -0.870. The first-order valence-electron chi connectivity index (χ1n) is 7.10. The highest BCUT2D eigenvalue weighted by Gasteiger charge is 2.06. The van der Waals surface area contributed by atoms with Crippen LogP contribution in [-0.4, -0.2) is 41.4 Å². The van der Waals surface area contributed by atoms with E-state index in [1.54, 1.807) is 0 Å². The van der Waals surface area contributed by atoms with Gasteiger partial charge in [-0.2, -0.15) is 5.10 Å². The second-order valence-corrected chi connectivity index (χ2v) is 5.03. The van der Waals surface area contributed by atoms with Gasteiger partial charge >= 0.3 is 0 Å². The molecule has 1 rings (SSSR count). The van der Waals surface area contributed by atoms with Gasteiger partial charge in [0.05, 0.1) is 5.69 Å². The monoisotopic (exact) mass is 252 g/mol. The Labute approximate surface area is 111 Å². The molecule has 0 aromatic carbocycles. The Morgan fingerprint density at radius 2 is 2.17 bits per heavy atom. The van der Waals surface area contributed by atoms with E-state index < -0.39 is 0 Å². The van der Waals surface area contributed by atoms with E-state index in [9.17, 15) is 0 Å². The van der Waals surface area contributed by atoms with Gasteiger partial charge in [-0.25, -0.2) is 0 Å². The molecule has 0 fully saturated rings. The predicted molar refractivity (Wildman–Crippen MR) is 76.7 cm³/mol. The van der Waals surface area contributed by atoms with Crippen LogP contribution in [0.4, 0.5) is 0 Å². The van der Waals surface area contributed by atoms with Crippen LogP contribution in [0.15, 0.2) is 12.3 Å². The average Bonchev–Trinajstić information content (AvgIpc) is 2.82. The summed E-state index contributed by atoms with van der Waals surface area (Å²) >= 11 is 0. The first kappa shape index (κ1) is 15.2. The summed E-state index contributed by atoms with van der Waals surface area (Å²) in [5.74, 6) is 0. The van der Waals surface area contributed by atoms with Crippen molar-refractivity contribution in [2.75, 3.05) is 26.7 Å². The maximum Gasteiger partial charge on any atom is 0.0764 e. The van der Waals surface area contributed by atoms with E-state index in [0.29, 0.717) is 6.04 Å². The van der Waals surface area contributed by atoms with Crippen molar-refractivity contribution in [2.45, 2.75) is 46.2 Å². The number of aromatic nitrogens is 2. The molecule has 0 aliphatic rings. The normalized spacial score (nSPS) is 13.2. The summed E-state index contributed by atoms with van der Waals surface area (Å²) in [7, 11) is 2.15. The minimum absolute atomic E-state index is 0.496. The number of hydrogen-bond donors (Lipinski definition) is 1. The van der Waals surface area contributed by atoms with E-state index in [-0.39, 0.29) is 0 Å². The van der Waals surface area contributed by atoms with Crippen LogP contribution >= 0.6 is 0 Å². The third-order valence-corrected chi connectivity index (χ3v) is 3.23. The minimum Gasteiger partial charge on any atom is -0.315 e. The zero-order valence-corrected chi connectivity index (χ0v) is 12.3. The lowest BCUT2D eigenvalue weighted by Gasteiger charge is -2.15. The van der Waals surface area contributed by atoms with Gasteiger partial charge in [-0.3, -0.25) is 9.58 Å².